The van der Waals surface area contributed by atoms with Crippen LogP contribution < -0.4 is 11.5 Å². The van der Waals surface area contributed by atoms with Gasteiger partial charge in [-0.1, -0.05) is 0 Å². The van der Waals surface area contributed by atoms with E-state index in [2.05, 4.69) is 41.8 Å². The zero-order valence-corrected chi connectivity index (χ0v) is 13.3. The van der Waals surface area contributed by atoms with E-state index in [0.29, 0.717) is 10.3 Å². The maximum atomic E-state index is 5.62. The number of hydrogen-bond donors (Lipinski definition) is 2. The molecule has 2 aromatic rings. The molecule has 4 nitrogen and oxygen atoms in total. The second kappa shape index (κ2) is 6.70. The van der Waals surface area contributed by atoms with Gasteiger partial charge in [0.1, 0.15) is 9.21 Å². The van der Waals surface area contributed by atoms with Gasteiger partial charge in [0.2, 0.25) is 0 Å². The molecule has 2 rings (SSSR count). The van der Waals surface area contributed by atoms with Crippen LogP contribution in [0.1, 0.15) is 11.1 Å². The van der Waals surface area contributed by atoms with Gasteiger partial charge in [-0.25, -0.2) is 4.98 Å². The minimum Gasteiger partial charge on any atom is -0.397 e. The van der Waals surface area contributed by atoms with E-state index in [1.807, 2.05) is 26.0 Å². The molecule has 2 aromatic heterocycles. The first-order valence-electron chi connectivity index (χ1n) is 5.16. The Balaban J connectivity index is 0.000000184. The largest absolute Gasteiger partial charge is 0.397 e. The molecule has 0 fully saturated rings. The lowest BCUT2D eigenvalue weighted by atomic mass is 10.3. The molecule has 0 bridgehead atoms. The molecule has 0 atom stereocenters. The summed E-state index contributed by atoms with van der Waals surface area (Å²) < 4.78 is 1.49. The number of anilines is 2. The fourth-order valence-corrected chi connectivity index (χ4v) is 2.34. The Kier molecular flexibility index (Phi) is 5.55. The number of aryl methyl sites for hydroxylation is 2. The van der Waals surface area contributed by atoms with Gasteiger partial charge >= 0.3 is 0 Å². The molecule has 0 aliphatic rings. The first-order valence-corrected chi connectivity index (χ1v) is 6.74. The van der Waals surface area contributed by atoms with Crippen molar-refractivity contribution < 1.29 is 0 Å². The average Bonchev–Trinajstić information content (AvgIpc) is 2.31. The van der Waals surface area contributed by atoms with E-state index in [1.165, 1.54) is 0 Å². The molecule has 0 saturated heterocycles. The third-order valence-corrected chi connectivity index (χ3v) is 3.28. The summed E-state index contributed by atoms with van der Waals surface area (Å²) in [6.45, 7) is 3.89. The van der Waals surface area contributed by atoms with Crippen LogP contribution in [0.3, 0.4) is 0 Å². The third-order valence-electron chi connectivity index (χ3n) is 2.27. The van der Waals surface area contributed by atoms with Crippen LogP contribution in [-0.4, -0.2) is 9.97 Å². The van der Waals surface area contributed by atoms with E-state index < -0.39 is 0 Å². The minimum absolute atomic E-state index is 0.694. The highest BCUT2D eigenvalue weighted by Crippen LogP contribution is 2.23. The van der Waals surface area contributed by atoms with Crippen molar-refractivity contribution in [2.45, 2.75) is 13.8 Å². The Morgan fingerprint density at radius 3 is 2.22 bits per heavy atom. The number of halogens is 2. The SMILES string of the molecule is Cc1cc(Br)nc(Br)c1N.Cc1ccncc1N. The zero-order valence-electron chi connectivity index (χ0n) is 10.1. The predicted octanol–water partition coefficient (Wildman–Crippen LogP) is 3.47. The van der Waals surface area contributed by atoms with Crippen molar-refractivity contribution in [3.63, 3.8) is 0 Å². The van der Waals surface area contributed by atoms with Crippen molar-refractivity contribution in [2.24, 2.45) is 0 Å². The second-order valence-electron chi connectivity index (χ2n) is 3.70. The number of aromatic nitrogens is 2. The summed E-state index contributed by atoms with van der Waals surface area (Å²) in [5.41, 5.74) is 14.6. The first kappa shape index (κ1) is 14.9. The smallest absolute Gasteiger partial charge is 0.130 e. The standard InChI is InChI=1S/C6H6Br2N2.C6H8N2/c1-3-2-4(7)10-6(8)5(3)9;1-5-2-3-8-4-6(5)7/h2H,9H2,1H3;2-4H,7H2,1H3. The monoisotopic (exact) mass is 372 g/mol. The van der Waals surface area contributed by atoms with Gasteiger partial charge < -0.3 is 11.5 Å². The average molecular weight is 374 g/mol. The number of rotatable bonds is 0. The number of nitrogen functional groups attached to an aromatic ring is 2. The fraction of sp³-hybridized carbons (Fsp3) is 0.167. The summed E-state index contributed by atoms with van der Waals surface area (Å²) in [5, 5.41) is 0. The second-order valence-corrected chi connectivity index (χ2v) is 5.26. The van der Waals surface area contributed by atoms with Crippen molar-refractivity contribution >= 4 is 43.2 Å². The van der Waals surface area contributed by atoms with Crippen molar-refractivity contribution in [1.29, 1.82) is 0 Å². The fourth-order valence-electron chi connectivity index (χ4n) is 1.08. The number of nitrogens with zero attached hydrogens (tertiary/aromatic N) is 2. The number of pyridine rings is 2. The summed E-state index contributed by atoms with van der Waals surface area (Å²) >= 11 is 6.48. The third kappa shape index (κ3) is 4.27. The Morgan fingerprint density at radius 1 is 1.11 bits per heavy atom. The topological polar surface area (TPSA) is 77.8 Å². The van der Waals surface area contributed by atoms with E-state index in [4.69, 9.17) is 11.5 Å². The molecule has 0 aliphatic carbocycles. The van der Waals surface area contributed by atoms with Gasteiger partial charge in [0.05, 0.1) is 11.4 Å². The molecule has 0 unspecified atom stereocenters. The number of hydrogen-bond acceptors (Lipinski definition) is 4. The highest BCUT2D eigenvalue weighted by molar-refractivity contribution is 9.11. The zero-order chi connectivity index (χ0) is 13.7. The molecular weight excluding hydrogens is 360 g/mol. The van der Waals surface area contributed by atoms with Crippen molar-refractivity contribution in [1.82, 2.24) is 9.97 Å². The molecule has 0 aromatic carbocycles. The van der Waals surface area contributed by atoms with Crippen LogP contribution in [0.2, 0.25) is 0 Å². The van der Waals surface area contributed by atoms with Crippen LogP contribution in [-0.2, 0) is 0 Å². The van der Waals surface area contributed by atoms with E-state index in [1.54, 1.807) is 12.4 Å². The molecule has 0 spiro atoms. The molecule has 4 N–H and O–H groups in total. The summed E-state index contributed by atoms with van der Waals surface area (Å²) in [7, 11) is 0. The van der Waals surface area contributed by atoms with E-state index in [0.717, 1.165) is 21.4 Å². The van der Waals surface area contributed by atoms with Crippen LogP contribution in [0.5, 0.6) is 0 Å². The van der Waals surface area contributed by atoms with Gasteiger partial charge in [-0.15, -0.1) is 0 Å². The van der Waals surface area contributed by atoms with Crippen molar-refractivity contribution in [3.8, 4) is 0 Å². The molecule has 0 radical (unpaired) electrons. The minimum atomic E-state index is 0.694. The summed E-state index contributed by atoms with van der Waals surface area (Å²) in [4.78, 5) is 7.86. The van der Waals surface area contributed by atoms with Gasteiger partial charge in [0.25, 0.3) is 0 Å². The molecular formula is C12H14Br2N4. The lowest BCUT2D eigenvalue weighted by Gasteiger charge is -2.01. The van der Waals surface area contributed by atoms with E-state index in [9.17, 15) is 0 Å². The Labute approximate surface area is 123 Å². The normalized spacial score (nSPS) is 9.56. The molecule has 2 heterocycles. The first-order chi connectivity index (χ1) is 8.41. The summed E-state index contributed by atoms with van der Waals surface area (Å²) in [6.07, 6.45) is 3.38. The lowest BCUT2D eigenvalue weighted by Crippen LogP contribution is -1.93. The van der Waals surface area contributed by atoms with Crippen molar-refractivity contribution in [2.75, 3.05) is 11.5 Å². The van der Waals surface area contributed by atoms with Crippen LogP contribution in [0.25, 0.3) is 0 Å². The van der Waals surface area contributed by atoms with Gasteiger partial charge in [-0.05, 0) is 69.0 Å². The quantitative estimate of drug-likeness (QED) is 0.693. The molecule has 18 heavy (non-hydrogen) atoms. The van der Waals surface area contributed by atoms with Gasteiger partial charge in [-0.2, -0.15) is 0 Å². The van der Waals surface area contributed by atoms with Crippen molar-refractivity contribution in [3.05, 3.63) is 44.9 Å². The maximum absolute atomic E-state index is 5.62. The highest BCUT2D eigenvalue weighted by atomic mass is 79.9. The van der Waals surface area contributed by atoms with Gasteiger partial charge in [0.15, 0.2) is 0 Å². The molecule has 0 saturated carbocycles. The summed E-state index contributed by atoms with van der Waals surface area (Å²) in [5.74, 6) is 0. The van der Waals surface area contributed by atoms with Crippen LogP contribution >= 0.6 is 31.9 Å². The van der Waals surface area contributed by atoms with Crippen LogP contribution in [0.4, 0.5) is 11.4 Å². The summed E-state index contributed by atoms with van der Waals surface area (Å²) in [6, 6.07) is 3.76. The maximum Gasteiger partial charge on any atom is 0.130 e. The van der Waals surface area contributed by atoms with Gasteiger partial charge in [0, 0.05) is 12.4 Å². The van der Waals surface area contributed by atoms with Crippen LogP contribution in [0.15, 0.2) is 33.7 Å². The Morgan fingerprint density at radius 2 is 1.78 bits per heavy atom. The molecule has 0 aliphatic heterocycles. The lowest BCUT2D eigenvalue weighted by molar-refractivity contribution is 1.21. The highest BCUT2D eigenvalue weighted by Gasteiger charge is 2.01. The van der Waals surface area contributed by atoms with Gasteiger partial charge in [-0.3, -0.25) is 4.98 Å². The van der Waals surface area contributed by atoms with Crippen LogP contribution in [0, 0.1) is 13.8 Å². The predicted molar refractivity (Wildman–Crippen MR) is 82.2 cm³/mol. The Bertz CT molecular complexity index is 499. The molecule has 6 heteroatoms. The van der Waals surface area contributed by atoms with E-state index in [-0.39, 0.29) is 0 Å². The molecule has 0 amide bonds. The number of nitrogens with two attached hydrogens (primary N) is 2. The van der Waals surface area contributed by atoms with E-state index >= 15 is 0 Å². The Hall–Kier alpha value is -1.14. The molecule has 96 valence electrons.